The average Bonchev–Trinajstić information content (AvgIpc) is 2.69. The van der Waals surface area contributed by atoms with Crippen LogP contribution in [0.15, 0.2) is 18.2 Å². The Labute approximate surface area is 174 Å². The van der Waals surface area contributed by atoms with Gasteiger partial charge >= 0.3 is 0 Å². The molecule has 1 aromatic rings. The number of ether oxygens (including phenoxy) is 1. The molecule has 2 saturated heterocycles. The predicted molar refractivity (Wildman–Crippen MR) is 115 cm³/mol. The Kier molecular flexibility index (Phi) is 7.17. The molecular weight excluding hydrogens is 366 g/mol. The van der Waals surface area contributed by atoms with Crippen molar-refractivity contribution >= 4 is 17.5 Å². The van der Waals surface area contributed by atoms with Crippen molar-refractivity contribution in [1.82, 2.24) is 10.6 Å². The lowest BCUT2D eigenvalue weighted by molar-refractivity contribution is -0.129. The number of benzene rings is 1. The molecule has 29 heavy (non-hydrogen) atoms. The van der Waals surface area contributed by atoms with Gasteiger partial charge in [0.1, 0.15) is 0 Å². The minimum Gasteiger partial charge on any atom is -0.381 e. The number of nitrogens with zero attached hydrogens (tertiary/aromatic N) is 1. The van der Waals surface area contributed by atoms with E-state index in [1.807, 2.05) is 26.0 Å². The number of carbonyl (C=O) groups excluding carboxylic acids is 2. The van der Waals surface area contributed by atoms with Gasteiger partial charge in [-0.25, -0.2) is 0 Å². The predicted octanol–water partition coefficient (Wildman–Crippen LogP) is 2.89. The minimum absolute atomic E-state index is 0.0405. The second-order valence-electron chi connectivity index (χ2n) is 8.52. The van der Waals surface area contributed by atoms with Crippen molar-refractivity contribution in [3.05, 3.63) is 29.3 Å². The fourth-order valence-corrected chi connectivity index (χ4v) is 4.78. The first-order valence-corrected chi connectivity index (χ1v) is 10.9. The fraction of sp³-hybridized carbons (Fsp3) is 0.652. The largest absolute Gasteiger partial charge is 0.381 e. The van der Waals surface area contributed by atoms with E-state index in [0.717, 1.165) is 50.3 Å². The van der Waals surface area contributed by atoms with Crippen LogP contribution in [-0.4, -0.2) is 50.2 Å². The number of piperidine rings is 1. The van der Waals surface area contributed by atoms with Crippen LogP contribution in [0.4, 0.5) is 5.69 Å². The van der Waals surface area contributed by atoms with E-state index in [2.05, 4.69) is 35.4 Å². The number of hydrogen-bond donors (Lipinski definition) is 2. The van der Waals surface area contributed by atoms with Crippen LogP contribution in [0.5, 0.6) is 0 Å². The number of nitrogens with one attached hydrogen (secondary N) is 2. The van der Waals surface area contributed by atoms with Gasteiger partial charge in [-0.05, 0) is 63.6 Å². The zero-order valence-corrected chi connectivity index (χ0v) is 18.2. The maximum absolute atomic E-state index is 12.9. The summed E-state index contributed by atoms with van der Waals surface area (Å²) in [7, 11) is 0. The lowest BCUT2D eigenvalue weighted by Crippen LogP contribution is -2.50. The molecule has 2 amide bonds. The molecule has 2 heterocycles. The van der Waals surface area contributed by atoms with Crippen molar-refractivity contribution in [3.63, 3.8) is 0 Å². The molecule has 1 aromatic carbocycles. The number of anilines is 1. The molecule has 6 nitrogen and oxygen atoms in total. The molecule has 0 radical (unpaired) electrons. The van der Waals surface area contributed by atoms with Crippen LogP contribution in [0.2, 0.25) is 0 Å². The summed E-state index contributed by atoms with van der Waals surface area (Å²) in [5, 5.41) is 6.01. The van der Waals surface area contributed by atoms with Crippen molar-refractivity contribution in [3.8, 4) is 0 Å². The Balaban J connectivity index is 1.71. The SMILES string of the molecule is CCN(c1cccc(C(=O)NCC2C(=O)NC(C)CC2C)c1C)C1CCOCC1. The number of amides is 2. The van der Waals surface area contributed by atoms with Gasteiger partial charge in [0, 0.05) is 49.6 Å². The van der Waals surface area contributed by atoms with E-state index in [9.17, 15) is 9.59 Å². The van der Waals surface area contributed by atoms with E-state index in [1.54, 1.807) is 0 Å². The molecule has 0 aliphatic carbocycles. The fourth-order valence-electron chi connectivity index (χ4n) is 4.78. The molecule has 160 valence electrons. The van der Waals surface area contributed by atoms with Crippen LogP contribution in [-0.2, 0) is 9.53 Å². The molecule has 2 fully saturated rings. The van der Waals surface area contributed by atoms with Crippen molar-refractivity contribution in [2.24, 2.45) is 11.8 Å². The first-order valence-electron chi connectivity index (χ1n) is 10.9. The standard InChI is InChI=1S/C23H35N3O3/c1-5-26(18-9-11-29-12-10-18)21-8-6-7-19(17(21)4)22(27)24-14-20-15(2)13-16(3)25-23(20)28/h6-8,15-16,18,20H,5,9-14H2,1-4H3,(H,24,27)(H,25,28). The molecule has 3 atom stereocenters. The van der Waals surface area contributed by atoms with E-state index < -0.39 is 0 Å². The van der Waals surface area contributed by atoms with Gasteiger partial charge in [0.25, 0.3) is 5.91 Å². The lowest BCUT2D eigenvalue weighted by Gasteiger charge is -2.36. The van der Waals surface area contributed by atoms with Crippen LogP contribution < -0.4 is 15.5 Å². The molecule has 6 heteroatoms. The van der Waals surface area contributed by atoms with E-state index >= 15 is 0 Å². The van der Waals surface area contributed by atoms with Crippen LogP contribution in [0.1, 0.15) is 56.0 Å². The maximum Gasteiger partial charge on any atom is 0.251 e. The van der Waals surface area contributed by atoms with Gasteiger partial charge in [-0.2, -0.15) is 0 Å². The summed E-state index contributed by atoms with van der Waals surface area (Å²) in [5.74, 6) is 0.0216. The van der Waals surface area contributed by atoms with E-state index in [0.29, 0.717) is 18.2 Å². The quantitative estimate of drug-likeness (QED) is 0.769. The van der Waals surface area contributed by atoms with Crippen molar-refractivity contribution < 1.29 is 14.3 Å². The van der Waals surface area contributed by atoms with Gasteiger partial charge in [0.15, 0.2) is 0 Å². The van der Waals surface area contributed by atoms with Crippen molar-refractivity contribution in [2.45, 2.75) is 59.0 Å². The molecule has 0 bridgehead atoms. The van der Waals surface area contributed by atoms with Crippen molar-refractivity contribution in [1.29, 1.82) is 0 Å². The summed E-state index contributed by atoms with van der Waals surface area (Å²) >= 11 is 0. The first-order chi connectivity index (χ1) is 13.9. The third kappa shape index (κ3) is 4.92. The topological polar surface area (TPSA) is 70.7 Å². The summed E-state index contributed by atoms with van der Waals surface area (Å²) in [5.41, 5.74) is 2.79. The molecule has 0 saturated carbocycles. The lowest BCUT2D eigenvalue weighted by atomic mass is 9.84. The van der Waals surface area contributed by atoms with Crippen LogP contribution in [0, 0.1) is 18.8 Å². The zero-order valence-electron chi connectivity index (χ0n) is 18.2. The van der Waals surface area contributed by atoms with Gasteiger partial charge in [0.2, 0.25) is 5.91 Å². The van der Waals surface area contributed by atoms with Crippen molar-refractivity contribution in [2.75, 3.05) is 31.2 Å². The highest BCUT2D eigenvalue weighted by molar-refractivity contribution is 5.97. The first kappa shape index (κ1) is 21.6. The van der Waals surface area contributed by atoms with E-state index in [4.69, 9.17) is 4.74 Å². The molecule has 0 spiro atoms. The molecule has 2 aliphatic heterocycles. The number of hydrogen-bond acceptors (Lipinski definition) is 4. The Morgan fingerprint density at radius 3 is 2.66 bits per heavy atom. The maximum atomic E-state index is 12.9. The molecular formula is C23H35N3O3. The monoisotopic (exact) mass is 401 g/mol. The molecule has 3 unspecified atom stereocenters. The average molecular weight is 402 g/mol. The summed E-state index contributed by atoms with van der Waals surface area (Å²) in [6.45, 7) is 11.1. The summed E-state index contributed by atoms with van der Waals surface area (Å²) < 4.78 is 5.51. The van der Waals surface area contributed by atoms with E-state index in [-0.39, 0.29) is 29.7 Å². The second kappa shape index (κ2) is 9.61. The molecule has 0 aromatic heterocycles. The van der Waals surface area contributed by atoms with Gasteiger partial charge in [-0.3, -0.25) is 9.59 Å². The normalized spacial score (nSPS) is 25.4. The summed E-state index contributed by atoms with van der Waals surface area (Å²) in [4.78, 5) is 27.6. The van der Waals surface area contributed by atoms with Gasteiger partial charge < -0.3 is 20.3 Å². The Bertz CT molecular complexity index is 730. The highest BCUT2D eigenvalue weighted by Gasteiger charge is 2.32. The molecule has 2 N–H and O–H groups in total. The third-order valence-electron chi connectivity index (χ3n) is 6.45. The number of rotatable bonds is 6. The highest BCUT2D eigenvalue weighted by atomic mass is 16.5. The van der Waals surface area contributed by atoms with Gasteiger partial charge in [-0.15, -0.1) is 0 Å². The Morgan fingerprint density at radius 1 is 1.28 bits per heavy atom. The second-order valence-corrected chi connectivity index (χ2v) is 8.52. The van der Waals surface area contributed by atoms with E-state index in [1.165, 1.54) is 0 Å². The smallest absolute Gasteiger partial charge is 0.251 e. The van der Waals surface area contributed by atoms with Crippen LogP contribution in [0.25, 0.3) is 0 Å². The third-order valence-corrected chi connectivity index (χ3v) is 6.45. The minimum atomic E-state index is -0.173. The summed E-state index contributed by atoms with van der Waals surface area (Å²) in [6.07, 6.45) is 2.96. The van der Waals surface area contributed by atoms with Gasteiger partial charge in [-0.1, -0.05) is 13.0 Å². The summed E-state index contributed by atoms with van der Waals surface area (Å²) in [6, 6.07) is 6.58. The zero-order chi connectivity index (χ0) is 21.0. The molecule has 3 rings (SSSR count). The van der Waals surface area contributed by atoms with Crippen LogP contribution >= 0.6 is 0 Å². The van der Waals surface area contributed by atoms with Crippen LogP contribution in [0.3, 0.4) is 0 Å². The Hall–Kier alpha value is -2.08. The Morgan fingerprint density at radius 2 is 2.00 bits per heavy atom. The highest BCUT2D eigenvalue weighted by Crippen LogP contribution is 2.28. The molecule has 2 aliphatic rings. The number of carbonyl (C=O) groups is 2. The van der Waals surface area contributed by atoms with Gasteiger partial charge in [0.05, 0.1) is 5.92 Å².